The predicted octanol–water partition coefficient (Wildman–Crippen LogP) is 5.85. The maximum atomic E-state index is 12.7. The summed E-state index contributed by atoms with van der Waals surface area (Å²) in [5.74, 6) is 0.238. The van der Waals surface area contributed by atoms with Crippen LogP contribution in [0.25, 0.3) is 10.8 Å². The lowest BCUT2D eigenvalue weighted by Gasteiger charge is -2.22. The van der Waals surface area contributed by atoms with Crippen LogP contribution in [-0.2, 0) is 22.4 Å². The van der Waals surface area contributed by atoms with Crippen LogP contribution in [-0.4, -0.2) is 19.4 Å². The molecule has 0 aliphatic carbocycles. The molecule has 0 saturated heterocycles. The van der Waals surface area contributed by atoms with Gasteiger partial charge < -0.3 is 9.47 Å². The molecule has 0 amide bonds. The van der Waals surface area contributed by atoms with Gasteiger partial charge in [-0.15, -0.1) is 0 Å². The molecule has 3 aromatic carbocycles. The van der Waals surface area contributed by atoms with Crippen LogP contribution in [0.5, 0.6) is 5.75 Å². The van der Waals surface area contributed by atoms with Crippen molar-refractivity contribution in [1.29, 1.82) is 0 Å². The topological polar surface area (TPSA) is 52.6 Å². The molecule has 0 aromatic heterocycles. The lowest BCUT2D eigenvalue weighted by atomic mass is 9.98. The molecule has 1 atom stereocenters. The second-order valence-corrected chi connectivity index (χ2v) is 7.41. The summed E-state index contributed by atoms with van der Waals surface area (Å²) < 4.78 is 11.5. The van der Waals surface area contributed by atoms with Crippen molar-refractivity contribution in [3.05, 3.63) is 76.9 Å². The largest absolute Gasteiger partial charge is 0.473 e. The Hall–Kier alpha value is -3.14. The number of benzene rings is 3. The monoisotopic (exact) mass is 404 g/mol. The molecular weight excluding hydrogens is 376 g/mol. The number of carbonyl (C=O) groups is 2. The zero-order valence-corrected chi connectivity index (χ0v) is 17.8. The Morgan fingerprint density at radius 1 is 0.933 bits per heavy atom. The van der Waals surface area contributed by atoms with E-state index in [9.17, 15) is 9.59 Å². The maximum absolute atomic E-state index is 12.7. The number of hydrogen-bond acceptors (Lipinski definition) is 4. The van der Waals surface area contributed by atoms with Crippen LogP contribution < -0.4 is 4.74 Å². The lowest BCUT2D eigenvalue weighted by Crippen LogP contribution is -2.21. The van der Waals surface area contributed by atoms with Gasteiger partial charge in [0.2, 0.25) is 6.10 Å². The summed E-state index contributed by atoms with van der Waals surface area (Å²) in [6.45, 7) is 4.16. The minimum Gasteiger partial charge on any atom is -0.473 e. The molecule has 0 aliphatic rings. The minimum atomic E-state index is -0.882. The fourth-order valence-electron chi connectivity index (χ4n) is 3.76. The molecule has 0 heterocycles. The Kier molecular flexibility index (Phi) is 7.23. The van der Waals surface area contributed by atoms with Gasteiger partial charge in [0.1, 0.15) is 12.0 Å². The second-order valence-electron chi connectivity index (χ2n) is 7.41. The van der Waals surface area contributed by atoms with E-state index < -0.39 is 12.1 Å². The molecule has 0 saturated carbocycles. The van der Waals surface area contributed by atoms with E-state index in [-0.39, 0.29) is 0 Å². The number of ether oxygens (including phenoxy) is 2. The summed E-state index contributed by atoms with van der Waals surface area (Å²) in [5.41, 5.74) is 3.26. The summed E-state index contributed by atoms with van der Waals surface area (Å²) in [5, 5.41) is 2.13. The van der Waals surface area contributed by atoms with E-state index in [2.05, 4.69) is 13.8 Å². The maximum Gasteiger partial charge on any atom is 0.351 e. The number of aldehydes is 1. The molecule has 30 heavy (non-hydrogen) atoms. The summed E-state index contributed by atoms with van der Waals surface area (Å²) in [6, 6.07) is 17.6. The van der Waals surface area contributed by atoms with E-state index in [1.807, 2.05) is 54.6 Å². The Balaban J connectivity index is 2.09. The van der Waals surface area contributed by atoms with E-state index in [0.717, 1.165) is 59.4 Å². The quantitative estimate of drug-likeness (QED) is 0.332. The first kappa shape index (κ1) is 21.6. The highest BCUT2D eigenvalue weighted by Gasteiger charge is 2.26. The van der Waals surface area contributed by atoms with Crippen LogP contribution in [0.4, 0.5) is 0 Å². The van der Waals surface area contributed by atoms with Gasteiger partial charge >= 0.3 is 5.97 Å². The molecule has 156 valence electrons. The van der Waals surface area contributed by atoms with Crippen LogP contribution in [0, 0.1) is 0 Å². The van der Waals surface area contributed by atoms with Crippen molar-refractivity contribution in [1.82, 2.24) is 0 Å². The lowest BCUT2D eigenvalue weighted by molar-refractivity contribution is -0.149. The molecule has 0 spiro atoms. The van der Waals surface area contributed by atoms with Gasteiger partial charge in [-0.1, -0.05) is 63.1 Å². The number of rotatable bonds is 9. The number of aryl methyl sites for hydroxylation is 2. The number of hydrogen-bond donors (Lipinski definition) is 0. The first-order valence-electron chi connectivity index (χ1n) is 10.4. The van der Waals surface area contributed by atoms with Crippen LogP contribution in [0.3, 0.4) is 0 Å². The third kappa shape index (κ3) is 4.70. The van der Waals surface area contributed by atoms with Gasteiger partial charge in [-0.05, 0) is 52.9 Å². The molecule has 4 heteroatoms. The zero-order chi connectivity index (χ0) is 21.5. The number of fused-ring (bicyclic) bond motifs is 1. The van der Waals surface area contributed by atoms with Crippen LogP contribution >= 0.6 is 0 Å². The third-order valence-corrected chi connectivity index (χ3v) is 5.17. The van der Waals surface area contributed by atoms with Crippen LogP contribution in [0.1, 0.15) is 59.8 Å². The highest BCUT2D eigenvalue weighted by atomic mass is 16.6. The molecule has 0 bridgehead atoms. The van der Waals surface area contributed by atoms with Crippen molar-refractivity contribution in [3.8, 4) is 5.75 Å². The summed E-state index contributed by atoms with van der Waals surface area (Å²) in [4.78, 5) is 24.1. The van der Waals surface area contributed by atoms with Gasteiger partial charge in [-0.3, -0.25) is 4.79 Å². The van der Waals surface area contributed by atoms with Gasteiger partial charge in [-0.2, -0.15) is 0 Å². The van der Waals surface area contributed by atoms with Crippen molar-refractivity contribution >= 4 is 23.0 Å². The number of carbonyl (C=O) groups excluding carboxylic acids is 2. The van der Waals surface area contributed by atoms with Gasteiger partial charge in [0, 0.05) is 11.1 Å². The SMILES string of the molecule is CCCc1cc(C=O)cc(CCC)c1OC(C(=O)OC)c1ccc2ccccc2c1. The highest BCUT2D eigenvalue weighted by Crippen LogP contribution is 2.34. The van der Waals surface area contributed by atoms with E-state index >= 15 is 0 Å². The Morgan fingerprint density at radius 2 is 1.57 bits per heavy atom. The van der Waals surface area contributed by atoms with Crippen molar-refractivity contribution in [3.63, 3.8) is 0 Å². The van der Waals surface area contributed by atoms with E-state index in [1.165, 1.54) is 7.11 Å². The average molecular weight is 405 g/mol. The van der Waals surface area contributed by atoms with Crippen LogP contribution in [0.2, 0.25) is 0 Å². The molecule has 1 unspecified atom stereocenters. The average Bonchev–Trinajstić information content (AvgIpc) is 2.78. The van der Waals surface area contributed by atoms with Crippen molar-refractivity contribution in [2.24, 2.45) is 0 Å². The van der Waals surface area contributed by atoms with Gasteiger partial charge in [0.25, 0.3) is 0 Å². The number of esters is 1. The van der Waals surface area contributed by atoms with Crippen molar-refractivity contribution in [2.45, 2.75) is 45.6 Å². The zero-order valence-electron chi connectivity index (χ0n) is 17.8. The minimum absolute atomic E-state index is 0.449. The van der Waals surface area contributed by atoms with Crippen molar-refractivity contribution < 1.29 is 19.1 Å². The summed E-state index contributed by atoms with van der Waals surface area (Å²) >= 11 is 0. The summed E-state index contributed by atoms with van der Waals surface area (Å²) in [6.07, 6.45) is 3.32. The van der Waals surface area contributed by atoms with Crippen molar-refractivity contribution in [2.75, 3.05) is 7.11 Å². The molecule has 4 nitrogen and oxygen atoms in total. The van der Waals surface area contributed by atoms with E-state index in [4.69, 9.17) is 9.47 Å². The van der Waals surface area contributed by atoms with Crippen LogP contribution in [0.15, 0.2) is 54.6 Å². The molecule has 0 N–H and O–H groups in total. The molecule has 0 fully saturated rings. The molecule has 3 rings (SSSR count). The third-order valence-electron chi connectivity index (χ3n) is 5.17. The molecule has 0 radical (unpaired) electrons. The first-order valence-corrected chi connectivity index (χ1v) is 10.4. The standard InChI is InChI=1S/C26H28O4/c1-4-8-21-14-18(17-27)15-22(9-5-2)24(21)30-25(26(28)29-3)23-13-12-19-10-6-7-11-20(19)16-23/h6-7,10-17,25H,4-5,8-9H2,1-3H3. The van der Waals surface area contributed by atoms with E-state index in [1.54, 1.807) is 0 Å². The normalized spacial score (nSPS) is 11.8. The Labute approximate surface area is 177 Å². The Morgan fingerprint density at radius 3 is 2.13 bits per heavy atom. The second kappa shape index (κ2) is 10.1. The predicted molar refractivity (Wildman–Crippen MR) is 119 cm³/mol. The van der Waals surface area contributed by atoms with Gasteiger partial charge in [0.05, 0.1) is 7.11 Å². The summed E-state index contributed by atoms with van der Waals surface area (Å²) in [7, 11) is 1.37. The highest BCUT2D eigenvalue weighted by molar-refractivity contribution is 5.85. The first-order chi connectivity index (χ1) is 14.6. The fourth-order valence-corrected chi connectivity index (χ4v) is 3.76. The smallest absolute Gasteiger partial charge is 0.351 e. The fraction of sp³-hybridized carbons (Fsp3) is 0.308. The molecule has 3 aromatic rings. The number of methoxy groups -OCH3 is 1. The molecular formula is C26H28O4. The van der Waals surface area contributed by atoms with E-state index in [0.29, 0.717) is 11.3 Å². The van der Waals surface area contributed by atoms with Gasteiger partial charge in [0.15, 0.2) is 0 Å². The molecule has 0 aliphatic heterocycles. The van der Waals surface area contributed by atoms with Gasteiger partial charge in [-0.25, -0.2) is 4.79 Å². The Bertz CT molecular complexity index is 1010.